The number of Topliss-reactive ketones (excluding diaryl/α,β-unsaturated/α-hetero) is 1. The molecule has 0 unspecified atom stereocenters. The van der Waals surface area contributed by atoms with Crippen LogP contribution in [0.4, 0.5) is 5.69 Å². The molecule has 0 saturated carbocycles. The number of ketones is 1. The molecule has 0 fully saturated rings. The first-order valence-electron chi connectivity index (χ1n) is 8.32. The maximum atomic E-state index is 12.3. The Labute approximate surface area is 147 Å². The number of nitrogens with one attached hydrogen (secondary N) is 2. The number of amides is 2. The van der Waals surface area contributed by atoms with Crippen LogP contribution in [0.1, 0.15) is 57.8 Å². The molecular weight excluding hydrogens is 316 g/mol. The number of unbranched alkanes of at least 4 members (excludes halogenated alkanes) is 1. The molecule has 0 heterocycles. The molecular formula is C20H22N2O3. The van der Waals surface area contributed by atoms with E-state index in [9.17, 15) is 14.4 Å². The van der Waals surface area contributed by atoms with E-state index in [2.05, 4.69) is 17.6 Å². The quantitative estimate of drug-likeness (QED) is 0.597. The van der Waals surface area contributed by atoms with Crippen LogP contribution in [0.25, 0.3) is 0 Å². The van der Waals surface area contributed by atoms with Gasteiger partial charge in [0.15, 0.2) is 5.78 Å². The number of anilines is 1. The second-order valence-corrected chi connectivity index (χ2v) is 5.78. The zero-order valence-electron chi connectivity index (χ0n) is 14.5. The molecule has 2 rings (SSSR count). The van der Waals surface area contributed by atoms with Crippen LogP contribution in [0, 0.1) is 0 Å². The molecule has 2 N–H and O–H groups in total. The highest BCUT2D eigenvalue weighted by Crippen LogP contribution is 2.13. The van der Waals surface area contributed by atoms with Crippen molar-refractivity contribution in [2.45, 2.75) is 26.7 Å². The number of carbonyl (C=O) groups excluding carboxylic acids is 3. The molecule has 0 aliphatic carbocycles. The highest BCUT2D eigenvalue weighted by molar-refractivity contribution is 6.05. The largest absolute Gasteiger partial charge is 0.352 e. The summed E-state index contributed by atoms with van der Waals surface area (Å²) in [6.07, 6.45) is 1.95. The first kappa shape index (κ1) is 18.4. The lowest BCUT2D eigenvalue weighted by molar-refractivity contribution is 0.0950. The van der Waals surface area contributed by atoms with Gasteiger partial charge in [-0.3, -0.25) is 14.4 Å². The van der Waals surface area contributed by atoms with Crippen molar-refractivity contribution in [3.63, 3.8) is 0 Å². The lowest BCUT2D eigenvalue weighted by atomic mass is 10.1. The Morgan fingerprint density at radius 1 is 0.880 bits per heavy atom. The van der Waals surface area contributed by atoms with Gasteiger partial charge in [0.05, 0.1) is 0 Å². The van der Waals surface area contributed by atoms with Crippen LogP contribution < -0.4 is 10.6 Å². The van der Waals surface area contributed by atoms with E-state index in [1.165, 1.54) is 6.92 Å². The zero-order chi connectivity index (χ0) is 18.2. The fourth-order valence-electron chi connectivity index (χ4n) is 2.27. The molecule has 0 spiro atoms. The molecule has 130 valence electrons. The van der Waals surface area contributed by atoms with Gasteiger partial charge in [0.2, 0.25) is 0 Å². The number of rotatable bonds is 7. The molecule has 0 radical (unpaired) electrons. The fraction of sp³-hybridized carbons (Fsp3) is 0.250. The third-order valence-corrected chi connectivity index (χ3v) is 3.75. The Bertz CT molecular complexity index is 767. The van der Waals surface area contributed by atoms with E-state index < -0.39 is 0 Å². The van der Waals surface area contributed by atoms with Gasteiger partial charge in [0.25, 0.3) is 11.8 Å². The van der Waals surface area contributed by atoms with Gasteiger partial charge in [-0.05, 0) is 49.7 Å². The number of carbonyl (C=O) groups is 3. The maximum absolute atomic E-state index is 12.3. The van der Waals surface area contributed by atoms with E-state index in [4.69, 9.17) is 0 Å². The highest BCUT2D eigenvalue weighted by atomic mass is 16.2. The summed E-state index contributed by atoms with van der Waals surface area (Å²) in [6, 6.07) is 13.2. The van der Waals surface area contributed by atoms with Crippen LogP contribution in [0.15, 0.2) is 48.5 Å². The molecule has 0 bridgehead atoms. The topological polar surface area (TPSA) is 75.3 Å². The number of hydrogen-bond donors (Lipinski definition) is 2. The smallest absolute Gasteiger partial charge is 0.255 e. The summed E-state index contributed by atoms with van der Waals surface area (Å²) in [6.45, 7) is 4.18. The summed E-state index contributed by atoms with van der Waals surface area (Å²) < 4.78 is 0. The van der Waals surface area contributed by atoms with Crippen LogP contribution >= 0.6 is 0 Å². The van der Waals surface area contributed by atoms with Crippen LogP contribution in [-0.4, -0.2) is 24.1 Å². The maximum Gasteiger partial charge on any atom is 0.255 e. The van der Waals surface area contributed by atoms with E-state index in [0.717, 1.165) is 12.8 Å². The Morgan fingerprint density at radius 3 is 2.12 bits per heavy atom. The van der Waals surface area contributed by atoms with Crippen molar-refractivity contribution in [1.29, 1.82) is 0 Å². The van der Waals surface area contributed by atoms with Crippen LogP contribution in [0.2, 0.25) is 0 Å². The Hall–Kier alpha value is -2.95. The van der Waals surface area contributed by atoms with Crippen molar-refractivity contribution in [2.24, 2.45) is 0 Å². The molecule has 2 aromatic carbocycles. The van der Waals surface area contributed by atoms with Gasteiger partial charge in [-0.25, -0.2) is 0 Å². The minimum Gasteiger partial charge on any atom is -0.352 e. The summed E-state index contributed by atoms with van der Waals surface area (Å²) >= 11 is 0. The van der Waals surface area contributed by atoms with Gasteiger partial charge in [-0.15, -0.1) is 0 Å². The molecule has 5 nitrogen and oxygen atoms in total. The Kier molecular flexibility index (Phi) is 6.46. The first-order chi connectivity index (χ1) is 12.0. The second-order valence-electron chi connectivity index (χ2n) is 5.78. The third-order valence-electron chi connectivity index (χ3n) is 3.75. The summed E-state index contributed by atoms with van der Waals surface area (Å²) in [5.74, 6) is -0.497. The van der Waals surface area contributed by atoms with Gasteiger partial charge in [-0.1, -0.05) is 25.5 Å². The fourth-order valence-corrected chi connectivity index (χ4v) is 2.27. The van der Waals surface area contributed by atoms with Crippen molar-refractivity contribution >= 4 is 23.3 Å². The first-order valence-corrected chi connectivity index (χ1v) is 8.32. The van der Waals surface area contributed by atoms with Crippen molar-refractivity contribution < 1.29 is 14.4 Å². The van der Waals surface area contributed by atoms with Crippen LogP contribution in [0.5, 0.6) is 0 Å². The minimum atomic E-state index is -0.293. The molecule has 0 atom stereocenters. The standard InChI is InChI=1S/C20H22N2O3/c1-3-4-12-21-19(24)15-8-10-16(11-9-15)20(25)22-18-7-5-6-17(13-18)14(2)23/h5-11,13H,3-4,12H2,1-2H3,(H,21,24)(H,22,25). The van der Waals surface area contributed by atoms with Gasteiger partial charge < -0.3 is 10.6 Å². The molecule has 2 amide bonds. The van der Waals surface area contributed by atoms with E-state index in [-0.39, 0.29) is 17.6 Å². The monoisotopic (exact) mass is 338 g/mol. The summed E-state index contributed by atoms with van der Waals surface area (Å²) in [5, 5.41) is 5.59. The normalized spacial score (nSPS) is 10.2. The van der Waals surface area contributed by atoms with Crippen molar-refractivity contribution in [3.8, 4) is 0 Å². The molecule has 0 aliphatic heterocycles. The van der Waals surface area contributed by atoms with Gasteiger partial charge in [0, 0.05) is 28.9 Å². The molecule has 5 heteroatoms. The van der Waals surface area contributed by atoms with Gasteiger partial charge in [0.1, 0.15) is 0 Å². The average Bonchev–Trinajstić information content (AvgIpc) is 2.62. The number of benzene rings is 2. The van der Waals surface area contributed by atoms with E-state index in [0.29, 0.717) is 28.9 Å². The Morgan fingerprint density at radius 2 is 1.52 bits per heavy atom. The lowest BCUT2D eigenvalue weighted by Crippen LogP contribution is -2.24. The minimum absolute atomic E-state index is 0.0606. The molecule has 0 saturated heterocycles. The van der Waals surface area contributed by atoms with Crippen molar-refractivity contribution in [1.82, 2.24) is 5.32 Å². The average molecular weight is 338 g/mol. The summed E-state index contributed by atoms with van der Waals surface area (Å²) in [4.78, 5) is 35.6. The Balaban J connectivity index is 2.01. The van der Waals surface area contributed by atoms with Crippen molar-refractivity contribution in [3.05, 3.63) is 65.2 Å². The van der Waals surface area contributed by atoms with E-state index in [1.54, 1.807) is 48.5 Å². The highest BCUT2D eigenvalue weighted by Gasteiger charge is 2.10. The second kappa shape index (κ2) is 8.78. The van der Waals surface area contributed by atoms with E-state index >= 15 is 0 Å². The predicted molar refractivity (Wildman–Crippen MR) is 98.1 cm³/mol. The predicted octanol–water partition coefficient (Wildman–Crippen LogP) is 3.67. The molecule has 0 aliphatic rings. The van der Waals surface area contributed by atoms with Crippen molar-refractivity contribution in [2.75, 3.05) is 11.9 Å². The zero-order valence-corrected chi connectivity index (χ0v) is 14.5. The third kappa shape index (κ3) is 5.28. The molecule has 25 heavy (non-hydrogen) atoms. The SMILES string of the molecule is CCCCNC(=O)c1ccc(C(=O)Nc2cccc(C(C)=O)c2)cc1. The van der Waals surface area contributed by atoms with Gasteiger partial charge in [-0.2, -0.15) is 0 Å². The molecule has 0 aromatic heterocycles. The summed E-state index contributed by atoms with van der Waals surface area (Å²) in [7, 11) is 0. The summed E-state index contributed by atoms with van der Waals surface area (Å²) in [5.41, 5.74) is 2.06. The van der Waals surface area contributed by atoms with Crippen LogP contribution in [-0.2, 0) is 0 Å². The lowest BCUT2D eigenvalue weighted by Gasteiger charge is -2.08. The molecule has 2 aromatic rings. The van der Waals surface area contributed by atoms with Crippen LogP contribution in [0.3, 0.4) is 0 Å². The van der Waals surface area contributed by atoms with E-state index in [1.807, 2.05) is 0 Å². The van der Waals surface area contributed by atoms with Gasteiger partial charge >= 0.3 is 0 Å². The number of hydrogen-bond acceptors (Lipinski definition) is 3.